The van der Waals surface area contributed by atoms with Crippen LogP contribution in [0.2, 0.25) is 0 Å². The van der Waals surface area contributed by atoms with Crippen molar-refractivity contribution in [2.45, 2.75) is 38.5 Å². The zero-order valence-electron chi connectivity index (χ0n) is 21.0. The Morgan fingerprint density at radius 1 is 0.971 bits per heavy atom. The van der Waals surface area contributed by atoms with Crippen LogP contribution in [0.4, 0.5) is 0 Å². The molecule has 182 valence electrons. The Morgan fingerprint density at radius 3 is 2.23 bits per heavy atom. The average Bonchev–Trinajstić information content (AvgIpc) is 3.36. The Morgan fingerprint density at radius 2 is 1.60 bits per heavy atom. The predicted octanol–water partition coefficient (Wildman–Crippen LogP) is 6.08. The molecule has 1 heterocycles. The molecule has 3 aromatic carbocycles. The SMILES string of the molecule is COc1ccccc1CC(=N)N1CC2C(=O)CCC(C)(c3ccccc3)C2C1.Cc1ccccc1. The highest BCUT2D eigenvalue weighted by Crippen LogP contribution is 2.48. The number of ether oxygens (including phenoxy) is 1. The van der Waals surface area contributed by atoms with E-state index in [4.69, 9.17) is 10.1 Å². The Kier molecular flexibility index (Phi) is 7.70. The summed E-state index contributed by atoms with van der Waals surface area (Å²) in [7, 11) is 1.66. The van der Waals surface area contributed by atoms with E-state index in [0.29, 0.717) is 31.0 Å². The van der Waals surface area contributed by atoms with Crippen molar-refractivity contribution < 1.29 is 9.53 Å². The van der Waals surface area contributed by atoms with Gasteiger partial charge in [0, 0.05) is 37.4 Å². The fourth-order valence-electron chi connectivity index (χ4n) is 5.60. The molecule has 1 aliphatic carbocycles. The molecule has 1 aliphatic heterocycles. The number of carbonyl (C=O) groups excluding carboxylic acids is 1. The Labute approximate surface area is 209 Å². The maximum atomic E-state index is 12.7. The average molecular weight is 469 g/mol. The zero-order chi connectivity index (χ0) is 24.8. The van der Waals surface area contributed by atoms with E-state index in [0.717, 1.165) is 24.3 Å². The van der Waals surface area contributed by atoms with E-state index in [1.807, 2.05) is 48.5 Å². The lowest BCUT2D eigenvalue weighted by molar-refractivity contribution is -0.127. The van der Waals surface area contributed by atoms with E-state index in [2.05, 4.69) is 55.1 Å². The van der Waals surface area contributed by atoms with E-state index in [-0.39, 0.29) is 17.3 Å². The molecule has 1 saturated heterocycles. The van der Waals surface area contributed by atoms with Gasteiger partial charge in [0.25, 0.3) is 0 Å². The van der Waals surface area contributed by atoms with Gasteiger partial charge in [-0.3, -0.25) is 10.2 Å². The number of hydrogen-bond acceptors (Lipinski definition) is 3. The van der Waals surface area contributed by atoms with Crippen LogP contribution in [0.5, 0.6) is 5.75 Å². The van der Waals surface area contributed by atoms with E-state index in [1.165, 1.54) is 11.1 Å². The molecule has 1 saturated carbocycles. The minimum Gasteiger partial charge on any atom is -0.496 e. The third-order valence-electron chi connectivity index (χ3n) is 7.75. The Hall–Kier alpha value is -3.40. The van der Waals surface area contributed by atoms with E-state index < -0.39 is 0 Å². The number of amidine groups is 1. The van der Waals surface area contributed by atoms with Gasteiger partial charge < -0.3 is 9.64 Å². The highest BCUT2D eigenvalue weighted by molar-refractivity contribution is 5.87. The van der Waals surface area contributed by atoms with Gasteiger partial charge in [-0.2, -0.15) is 0 Å². The number of Topliss-reactive ketones (excluding diaryl/α,β-unsaturated/α-hetero) is 1. The van der Waals surface area contributed by atoms with Gasteiger partial charge in [0.15, 0.2) is 0 Å². The second kappa shape index (κ2) is 10.9. The number of nitrogens with zero attached hydrogens (tertiary/aromatic N) is 1. The van der Waals surface area contributed by atoms with Gasteiger partial charge in [-0.1, -0.05) is 91.3 Å². The Balaban J connectivity index is 0.000000356. The van der Waals surface area contributed by atoms with Crippen LogP contribution in [-0.4, -0.2) is 36.7 Å². The molecule has 3 aromatic rings. The largest absolute Gasteiger partial charge is 0.496 e. The number of methoxy groups -OCH3 is 1. The summed E-state index contributed by atoms with van der Waals surface area (Å²) in [6.07, 6.45) is 2.06. The summed E-state index contributed by atoms with van der Waals surface area (Å²) in [5.74, 6) is 2.04. The van der Waals surface area contributed by atoms with Crippen LogP contribution < -0.4 is 4.74 Å². The van der Waals surface area contributed by atoms with Crippen LogP contribution in [0.15, 0.2) is 84.9 Å². The standard InChI is InChI=1S/C24H28N2O2.C7H8/c1-24(18-9-4-3-5-10-18)13-12-21(27)19-15-26(16-20(19)24)23(25)14-17-8-6-7-11-22(17)28-2;1-7-5-3-2-4-6-7/h3-11,19-20,25H,12-16H2,1-2H3;2-6H,1H3. The first kappa shape index (κ1) is 24.7. The van der Waals surface area contributed by atoms with Crippen molar-refractivity contribution in [1.82, 2.24) is 4.90 Å². The van der Waals surface area contributed by atoms with Gasteiger partial charge >= 0.3 is 0 Å². The minimum atomic E-state index is -0.0146. The first-order chi connectivity index (χ1) is 16.9. The summed E-state index contributed by atoms with van der Waals surface area (Å²) in [6, 6.07) is 28.7. The second-order valence-corrected chi connectivity index (χ2v) is 9.96. The maximum Gasteiger partial charge on any atom is 0.138 e. The van der Waals surface area contributed by atoms with Gasteiger partial charge in [0.05, 0.1) is 7.11 Å². The highest BCUT2D eigenvalue weighted by Gasteiger charge is 2.51. The second-order valence-electron chi connectivity index (χ2n) is 9.96. The number of ketones is 1. The van der Waals surface area contributed by atoms with Crippen molar-refractivity contribution >= 4 is 11.6 Å². The van der Waals surface area contributed by atoms with E-state index >= 15 is 0 Å². The summed E-state index contributed by atoms with van der Waals surface area (Å²) in [5.41, 5.74) is 3.64. The molecule has 2 fully saturated rings. The lowest BCUT2D eigenvalue weighted by Crippen LogP contribution is -2.44. The third kappa shape index (κ3) is 5.48. The predicted molar refractivity (Wildman–Crippen MR) is 142 cm³/mol. The molecule has 4 nitrogen and oxygen atoms in total. The topological polar surface area (TPSA) is 53.4 Å². The van der Waals surface area contributed by atoms with Crippen LogP contribution in [0.3, 0.4) is 0 Å². The molecule has 0 aromatic heterocycles. The van der Waals surface area contributed by atoms with Crippen LogP contribution in [0.25, 0.3) is 0 Å². The lowest BCUT2D eigenvalue weighted by Gasteiger charge is -2.42. The number of likely N-dealkylation sites (tertiary alicyclic amines) is 1. The zero-order valence-corrected chi connectivity index (χ0v) is 21.0. The smallest absolute Gasteiger partial charge is 0.138 e. The Bertz CT molecular complexity index is 1140. The van der Waals surface area contributed by atoms with Crippen molar-refractivity contribution in [1.29, 1.82) is 5.41 Å². The molecule has 5 rings (SSSR count). The summed E-state index contributed by atoms with van der Waals surface area (Å²) < 4.78 is 5.44. The number of benzene rings is 3. The molecule has 0 amide bonds. The number of para-hydroxylation sites is 1. The van der Waals surface area contributed by atoms with Crippen molar-refractivity contribution in [3.63, 3.8) is 0 Å². The number of aryl methyl sites for hydroxylation is 1. The fourth-order valence-corrected chi connectivity index (χ4v) is 5.60. The van der Waals surface area contributed by atoms with Gasteiger partial charge in [-0.05, 0) is 36.3 Å². The van der Waals surface area contributed by atoms with Crippen molar-refractivity contribution in [2.24, 2.45) is 11.8 Å². The number of rotatable bonds is 4. The molecule has 1 N–H and O–H groups in total. The quantitative estimate of drug-likeness (QED) is 0.373. The van der Waals surface area contributed by atoms with Gasteiger partial charge in [-0.25, -0.2) is 0 Å². The summed E-state index contributed by atoms with van der Waals surface area (Å²) in [5, 5.41) is 8.70. The molecular formula is C31H36N2O2. The number of fused-ring (bicyclic) bond motifs is 1. The normalized spacial score (nSPS) is 23.2. The summed E-state index contributed by atoms with van der Waals surface area (Å²) in [4.78, 5) is 14.8. The summed E-state index contributed by atoms with van der Waals surface area (Å²) in [6.45, 7) is 5.83. The van der Waals surface area contributed by atoms with E-state index in [1.54, 1.807) is 7.11 Å². The minimum absolute atomic E-state index is 0.0146. The molecule has 35 heavy (non-hydrogen) atoms. The molecule has 3 atom stereocenters. The molecule has 0 radical (unpaired) electrons. The summed E-state index contributed by atoms with van der Waals surface area (Å²) >= 11 is 0. The van der Waals surface area contributed by atoms with Crippen LogP contribution in [-0.2, 0) is 16.6 Å². The number of carbonyl (C=O) groups is 1. The van der Waals surface area contributed by atoms with Gasteiger partial charge in [0.1, 0.15) is 17.4 Å². The van der Waals surface area contributed by atoms with Crippen LogP contribution in [0.1, 0.15) is 36.5 Å². The molecule has 3 unspecified atom stereocenters. The van der Waals surface area contributed by atoms with Crippen molar-refractivity contribution in [3.8, 4) is 5.75 Å². The van der Waals surface area contributed by atoms with Crippen molar-refractivity contribution in [2.75, 3.05) is 20.2 Å². The molecule has 0 bridgehead atoms. The number of nitrogens with one attached hydrogen (secondary N) is 1. The third-order valence-corrected chi connectivity index (χ3v) is 7.75. The van der Waals surface area contributed by atoms with Crippen molar-refractivity contribution in [3.05, 3.63) is 102 Å². The monoisotopic (exact) mass is 468 g/mol. The molecule has 2 aliphatic rings. The first-order valence-corrected chi connectivity index (χ1v) is 12.5. The maximum absolute atomic E-state index is 12.7. The molecule has 4 heteroatoms. The van der Waals surface area contributed by atoms with Crippen LogP contribution >= 0.6 is 0 Å². The number of hydrogen-bond donors (Lipinski definition) is 1. The highest BCUT2D eigenvalue weighted by atomic mass is 16.5. The first-order valence-electron chi connectivity index (χ1n) is 12.5. The van der Waals surface area contributed by atoms with Crippen LogP contribution in [0, 0.1) is 24.2 Å². The molecule has 0 spiro atoms. The van der Waals surface area contributed by atoms with Gasteiger partial charge in [-0.15, -0.1) is 0 Å². The van der Waals surface area contributed by atoms with E-state index in [9.17, 15) is 4.79 Å². The van der Waals surface area contributed by atoms with Gasteiger partial charge in [0.2, 0.25) is 0 Å². The molecular weight excluding hydrogens is 432 g/mol. The lowest BCUT2D eigenvalue weighted by atomic mass is 9.60. The fraction of sp³-hybridized carbons (Fsp3) is 0.355.